The van der Waals surface area contributed by atoms with Crippen LogP contribution in [0, 0.1) is 0 Å². The second kappa shape index (κ2) is 6.53. The van der Waals surface area contributed by atoms with Gasteiger partial charge in [0.25, 0.3) is 5.91 Å². The first kappa shape index (κ1) is 13.8. The molecule has 0 saturated heterocycles. The van der Waals surface area contributed by atoms with Crippen LogP contribution in [-0.2, 0) is 4.79 Å². The predicted molar refractivity (Wildman–Crippen MR) is 78.9 cm³/mol. The lowest BCUT2D eigenvalue weighted by atomic mass is 10.2. The first-order valence-electron chi connectivity index (χ1n) is 5.65. The van der Waals surface area contributed by atoms with Gasteiger partial charge in [0.1, 0.15) is 11.6 Å². The number of thiazole rings is 1. The number of hydrogen-bond donors (Lipinski definition) is 3. The highest BCUT2D eigenvalue weighted by Gasteiger charge is 2.02. The Balaban J connectivity index is 2.02. The van der Waals surface area contributed by atoms with Crippen LogP contribution in [0.2, 0.25) is 0 Å². The standard InChI is InChI=1S/C12H13N5O2S/c13-10-7-20-12(16-10)17-15-5-8-3-1-2-4-9(8)19-6-11(14)18/h1-5,7H,6,13H2,(H2,14,18)(H,16,17). The first-order chi connectivity index (χ1) is 9.65. The van der Waals surface area contributed by atoms with Crippen molar-refractivity contribution in [1.82, 2.24) is 4.98 Å². The molecule has 0 spiro atoms. The molecule has 0 atom stereocenters. The van der Waals surface area contributed by atoms with E-state index in [2.05, 4.69) is 15.5 Å². The largest absolute Gasteiger partial charge is 0.483 e. The number of benzene rings is 1. The van der Waals surface area contributed by atoms with E-state index in [0.29, 0.717) is 22.3 Å². The molecule has 0 aliphatic rings. The highest BCUT2D eigenvalue weighted by Crippen LogP contribution is 2.18. The lowest BCUT2D eigenvalue weighted by Gasteiger charge is -2.06. The lowest BCUT2D eigenvalue weighted by molar-refractivity contribution is -0.119. The number of para-hydroxylation sites is 1. The fourth-order valence-electron chi connectivity index (χ4n) is 1.36. The Kier molecular flexibility index (Phi) is 4.51. The molecule has 2 aromatic rings. The van der Waals surface area contributed by atoms with Crippen molar-refractivity contribution in [2.75, 3.05) is 17.8 Å². The van der Waals surface area contributed by atoms with Crippen LogP contribution in [0.25, 0.3) is 0 Å². The number of amides is 1. The Morgan fingerprint density at radius 2 is 2.30 bits per heavy atom. The van der Waals surface area contributed by atoms with Crippen molar-refractivity contribution in [1.29, 1.82) is 0 Å². The number of aromatic nitrogens is 1. The minimum absolute atomic E-state index is 0.179. The third-order valence-corrected chi connectivity index (χ3v) is 2.94. The molecule has 2 rings (SSSR count). The summed E-state index contributed by atoms with van der Waals surface area (Å²) in [6.45, 7) is -0.179. The molecule has 8 heteroatoms. The number of hydrazone groups is 1. The average molecular weight is 291 g/mol. The SMILES string of the molecule is NC(=O)COc1ccccc1C=NNc1nc(N)cs1. The number of hydrogen-bond acceptors (Lipinski definition) is 7. The Labute approximate surface area is 119 Å². The molecule has 1 heterocycles. The number of nitrogen functional groups attached to an aromatic ring is 1. The van der Waals surface area contributed by atoms with E-state index in [0.717, 1.165) is 0 Å². The number of primary amides is 1. The Bertz CT molecular complexity index is 626. The molecule has 0 bridgehead atoms. The molecule has 1 aromatic carbocycles. The number of nitrogens with two attached hydrogens (primary N) is 2. The smallest absolute Gasteiger partial charge is 0.255 e. The van der Waals surface area contributed by atoms with Gasteiger partial charge in [-0.2, -0.15) is 5.10 Å². The molecule has 1 amide bonds. The fraction of sp³-hybridized carbons (Fsp3) is 0.0833. The third-order valence-electron chi connectivity index (χ3n) is 2.17. The van der Waals surface area contributed by atoms with Gasteiger partial charge >= 0.3 is 0 Å². The number of carbonyl (C=O) groups excluding carboxylic acids is 1. The average Bonchev–Trinajstić information content (AvgIpc) is 2.83. The van der Waals surface area contributed by atoms with Crippen LogP contribution in [0.3, 0.4) is 0 Å². The molecule has 1 aromatic heterocycles. The zero-order valence-electron chi connectivity index (χ0n) is 10.4. The fourth-order valence-corrected chi connectivity index (χ4v) is 1.91. The first-order valence-corrected chi connectivity index (χ1v) is 6.53. The maximum Gasteiger partial charge on any atom is 0.255 e. The van der Waals surface area contributed by atoms with Crippen LogP contribution in [0.15, 0.2) is 34.7 Å². The van der Waals surface area contributed by atoms with Gasteiger partial charge in [-0.3, -0.25) is 10.2 Å². The minimum Gasteiger partial charge on any atom is -0.483 e. The molecule has 20 heavy (non-hydrogen) atoms. The Hall–Kier alpha value is -2.61. The molecule has 5 N–H and O–H groups in total. The van der Waals surface area contributed by atoms with Crippen LogP contribution < -0.4 is 21.6 Å². The topological polar surface area (TPSA) is 116 Å². The van der Waals surface area contributed by atoms with Crippen LogP contribution in [0.5, 0.6) is 5.75 Å². The maximum atomic E-state index is 10.7. The molecule has 104 valence electrons. The second-order valence-electron chi connectivity index (χ2n) is 3.74. The summed E-state index contributed by atoms with van der Waals surface area (Å²) in [4.78, 5) is 14.7. The van der Waals surface area contributed by atoms with E-state index in [4.69, 9.17) is 16.2 Å². The highest BCUT2D eigenvalue weighted by atomic mass is 32.1. The predicted octanol–water partition coefficient (Wildman–Crippen LogP) is 1.04. The molecule has 0 radical (unpaired) electrons. The third kappa shape index (κ3) is 3.95. The van der Waals surface area contributed by atoms with Gasteiger partial charge in [-0.25, -0.2) is 4.98 Å². The van der Waals surface area contributed by atoms with E-state index in [1.807, 2.05) is 6.07 Å². The summed E-state index contributed by atoms with van der Waals surface area (Å²) in [5.41, 5.74) is 14.0. The molecule has 7 nitrogen and oxygen atoms in total. The summed E-state index contributed by atoms with van der Waals surface area (Å²) in [6.07, 6.45) is 1.56. The van der Waals surface area contributed by atoms with Gasteiger partial charge in [-0.05, 0) is 12.1 Å². The number of nitrogens with one attached hydrogen (secondary N) is 1. The van der Waals surface area contributed by atoms with Gasteiger partial charge in [0, 0.05) is 10.9 Å². The van der Waals surface area contributed by atoms with Crippen LogP contribution in [0.1, 0.15) is 5.56 Å². The number of carbonyl (C=O) groups is 1. The quantitative estimate of drug-likeness (QED) is 0.543. The van der Waals surface area contributed by atoms with E-state index in [1.165, 1.54) is 11.3 Å². The monoisotopic (exact) mass is 291 g/mol. The van der Waals surface area contributed by atoms with E-state index in [-0.39, 0.29) is 6.61 Å². The van der Waals surface area contributed by atoms with E-state index >= 15 is 0 Å². The normalized spacial score (nSPS) is 10.6. The summed E-state index contributed by atoms with van der Waals surface area (Å²) in [5.74, 6) is 0.432. The zero-order valence-corrected chi connectivity index (χ0v) is 11.3. The summed E-state index contributed by atoms with van der Waals surface area (Å²) in [5, 5.41) is 6.34. The Morgan fingerprint density at radius 1 is 1.50 bits per heavy atom. The number of ether oxygens (including phenoxy) is 1. The summed E-state index contributed by atoms with van der Waals surface area (Å²) >= 11 is 1.35. The van der Waals surface area contributed by atoms with E-state index in [1.54, 1.807) is 29.8 Å². The van der Waals surface area contributed by atoms with Gasteiger partial charge in [0.2, 0.25) is 5.13 Å². The number of anilines is 2. The van der Waals surface area contributed by atoms with Gasteiger partial charge in [0.05, 0.1) is 6.21 Å². The van der Waals surface area contributed by atoms with Gasteiger partial charge in [-0.1, -0.05) is 12.1 Å². The summed E-state index contributed by atoms with van der Waals surface area (Å²) < 4.78 is 5.28. The highest BCUT2D eigenvalue weighted by molar-refractivity contribution is 7.14. The van der Waals surface area contributed by atoms with Crippen molar-refractivity contribution >= 4 is 34.4 Å². The van der Waals surface area contributed by atoms with Gasteiger partial charge in [0.15, 0.2) is 6.61 Å². The minimum atomic E-state index is -0.534. The summed E-state index contributed by atoms with van der Waals surface area (Å²) in [7, 11) is 0. The second-order valence-corrected chi connectivity index (χ2v) is 4.60. The molecule has 0 saturated carbocycles. The van der Waals surface area contributed by atoms with Crippen molar-refractivity contribution < 1.29 is 9.53 Å². The van der Waals surface area contributed by atoms with Crippen LogP contribution in [0.4, 0.5) is 10.9 Å². The summed E-state index contributed by atoms with van der Waals surface area (Å²) in [6, 6.07) is 7.16. The molecule has 0 aliphatic heterocycles. The van der Waals surface area contributed by atoms with Crippen molar-refractivity contribution in [2.24, 2.45) is 10.8 Å². The van der Waals surface area contributed by atoms with Crippen molar-refractivity contribution in [3.8, 4) is 5.75 Å². The Morgan fingerprint density at radius 3 is 3.00 bits per heavy atom. The molecule has 0 unspecified atom stereocenters. The molecule has 0 fully saturated rings. The zero-order chi connectivity index (χ0) is 14.4. The van der Waals surface area contributed by atoms with Crippen LogP contribution >= 0.6 is 11.3 Å². The van der Waals surface area contributed by atoms with Crippen molar-refractivity contribution in [2.45, 2.75) is 0 Å². The van der Waals surface area contributed by atoms with Gasteiger partial charge in [-0.15, -0.1) is 11.3 Å². The number of rotatable bonds is 6. The lowest BCUT2D eigenvalue weighted by Crippen LogP contribution is -2.20. The van der Waals surface area contributed by atoms with Crippen molar-refractivity contribution in [3.05, 3.63) is 35.2 Å². The molecular formula is C12H13N5O2S. The number of nitrogens with zero attached hydrogens (tertiary/aromatic N) is 2. The van der Waals surface area contributed by atoms with Crippen molar-refractivity contribution in [3.63, 3.8) is 0 Å². The van der Waals surface area contributed by atoms with E-state index in [9.17, 15) is 4.79 Å². The van der Waals surface area contributed by atoms with Crippen LogP contribution in [-0.4, -0.2) is 23.7 Å². The maximum absolute atomic E-state index is 10.7. The molecular weight excluding hydrogens is 278 g/mol. The van der Waals surface area contributed by atoms with Gasteiger partial charge < -0.3 is 16.2 Å². The van der Waals surface area contributed by atoms with E-state index < -0.39 is 5.91 Å². The molecule has 0 aliphatic carbocycles.